The Kier molecular flexibility index (Phi) is 6.95. The summed E-state index contributed by atoms with van der Waals surface area (Å²) in [5.74, 6) is -1.91. The van der Waals surface area contributed by atoms with Gasteiger partial charge in [0.25, 0.3) is 5.91 Å². The molecule has 0 aliphatic rings. The highest BCUT2D eigenvalue weighted by atomic mass is 35.5. The molecule has 0 aliphatic heterocycles. The van der Waals surface area contributed by atoms with Gasteiger partial charge < -0.3 is 15.4 Å². The molecule has 0 fully saturated rings. The van der Waals surface area contributed by atoms with Gasteiger partial charge in [-0.15, -0.1) is 0 Å². The highest BCUT2D eigenvalue weighted by Crippen LogP contribution is 2.25. The molecule has 35 heavy (non-hydrogen) atoms. The van der Waals surface area contributed by atoms with E-state index in [4.69, 9.17) is 27.9 Å². The molecule has 0 aliphatic carbocycles. The lowest BCUT2D eigenvalue weighted by Gasteiger charge is -2.13. The molecule has 10 heteroatoms. The van der Waals surface area contributed by atoms with Crippen molar-refractivity contribution in [2.75, 3.05) is 23.2 Å². The third kappa shape index (κ3) is 5.40. The lowest BCUT2D eigenvalue weighted by atomic mass is 10.2. The summed E-state index contributed by atoms with van der Waals surface area (Å²) in [6.07, 6.45) is 0. The number of carbonyl (C=O) groups excluding carboxylic acids is 3. The lowest BCUT2D eigenvalue weighted by Crippen LogP contribution is -2.36. The number of benzene rings is 3. The van der Waals surface area contributed by atoms with E-state index in [2.05, 4.69) is 16.1 Å². The van der Waals surface area contributed by atoms with E-state index in [9.17, 15) is 14.4 Å². The van der Waals surface area contributed by atoms with Gasteiger partial charge in [0.1, 0.15) is 11.4 Å². The molecule has 1 heterocycles. The van der Waals surface area contributed by atoms with Gasteiger partial charge in [0.2, 0.25) is 0 Å². The number of ether oxygens (including phenoxy) is 1. The number of rotatable bonds is 5. The van der Waals surface area contributed by atoms with E-state index in [1.165, 1.54) is 11.8 Å². The van der Waals surface area contributed by atoms with Crippen LogP contribution in [0.3, 0.4) is 0 Å². The Labute approximate surface area is 210 Å². The SMILES string of the molecule is COc1cccc(NC(=O)C(=O)Nn2c(C(=O)Nc3ccc(C)c(Cl)c3)cc3cc(Cl)ccc32)c1. The number of nitrogens with one attached hydrogen (secondary N) is 3. The summed E-state index contributed by atoms with van der Waals surface area (Å²) < 4.78 is 6.37. The van der Waals surface area contributed by atoms with Crippen LogP contribution in [0.2, 0.25) is 10.0 Å². The Morgan fingerprint density at radius 2 is 1.63 bits per heavy atom. The second kappa shape index (κ2) is 10.1. The van der Waals surface area contributed by atoms with E-state index in [0.29, 0.717) is 38.1 Å². The number of halogens is 2. The molecule has 4 rings (SSSR count). The first-order valence-electron chi connectivity index (χ1n) is 10.4. The molecule has 0 atom stereocenters. The van der Waals surface area contributed by atoms with Crippen LogP contribution >= 0.6 is 23.2 Å². The number of hydrogen-bond donors (Lipinski definition) is 3. The number of nitrogens with zero attached hydrogens (tertiary/aromatic N) is 1. The number of amides is 3. The molecule has 0 saturated heterocycles. The first-order valence-corrected chi connectivity index (χ1v) is 11.2. The van der Waals surface area contributed by atoms with E-state index in [0.717, 1.165) is 5.56 Å². The number of hydrogen-bond acceptors (Lipinski definition) is 4. The molecule has 0 saturated carbocycles. The zero-order chi connectivity index (χ0) is 25.1. The van der Waals surface area contributed by atoms with Crippen molar-refractivity contribution in [3.63, 3.8) is 0 Å². The van der Waals surface area contributed by atoms with Gasteiger partial charge in [-0.2, -0.15) is 0 Å². The van der Waals surface area contributed by atoms with Gasteiger partial charge in [-0.3, -0.25) is 19.8 Å². The molecular formula is C25H20Cl2N4O4. The van der Waals surface area contributed by atoms with Crippen LogP contribution in [-0.4, -0.2) is 29.5 Å². The topological polar surface area (TPSA) is 101 Å². The van der Waals surface area contributed by atoms with Crippen molar-refractivity contribution in [3.8, 4) is 5.75 Å². The lowest BCUT2D eigenvalue weighted by molar-refractivity contribution is -0.133. The number of aromatic nitrogens is 1. The maximum Gasteiger partial charge on any atom is 0.328 e. The maximum absolute atomic E-state index is 13.1. The van der Waals surface area contributed by atoms with Crippen molar-refractivity contribution >= 4 is 63.2 Å². The highest BCUT2D eigenvalue weighted by Gasteiger charge is 2.21. The Morgan fingerprint density at radius 1 is 0.857 bits per heavy atom. The quantitative estimate of drug-likeness (QED) is 0.320. The number of aryl methyl sites for hydroxylation is 1. The molecule has 0 unspecified atom stereocenters. The van der Waals surface area contributed by atoms with Crippen molar-refractivity contribution in [2.45, 2.75) is 6.92 Å². The molecule has 4 aromatic rings. The molecule has 3 amide bonds. The molecule has 0 bridgehead atoms. The van der Waals surface area contributed by atoms with Gasteiger partial charge in [-0.25, -0.2) is 4.68 Å². The molecule has 3 N–H and O–H groups in total. The van der Waals surface area contributed by atoms with Crippen molar-refractivity contribution in [3.05, 3.63) is 88.0 Å². The van der Waals surface area contributed by atoms with Crippen LogP contribution in [0.5, 0.6) is 5.75 Å². The van der Waals surface area contributed by atoms with Gasteiger partial charge in [0.05, 0.1) is 12.6 Å². The third-order valence-electron chi connectivity index (χ3n) is 5.17. The van der Waals surface area contributed by atoms with Crippen LogP contribution in [0.25, 0.3) is 10.9 Å². The third-order valence-corrected chi connectivity index (χ3v) is 5.82. The van der Waals surface area contributed by atoms with Crippen LogP contribution in [0.4, 0.5) is 11.4 Å². The molecule has 178 valence electrons. The summed E-state index contributed by atoms with van der Waals surface area (Å²) in [5.41, 5.74) is 4.77. The van der Waals surface area contributed by atoms with Crippen LogP contribution in [0, 0.1) is 6.92 Å². The Morgan fingerprint density at radius 3 is 2.37 bits per heavy atom. The van der Waals surface area contributed by atoms with E-state index in [1.54, 1.807) is 66.7 Å². The van der Waals surface area contributed by atoms with Gasteiger partial charge in [-0.1, -0.05) is 35.3 Å². The van der Waals surface area contributed by atoms with E-state index >= 15 is 0 Å². The maximum atomic E-state index is 13.1. The van der Waals surface area contributed by atoms with Crippen molar-refractivity contribution in [1.82, 2.24) is 4.68 Å². The van der Waals surface area contributed by atoms with Gasteiger partial charge in [0, 0.05) is 32.9 Å². The fraction of sp³-hybridized carbons (Fsp3) is 0.0800. The average Bonchev–Trinajstić information content (AvgIpc) is 3.18. The summed E-state index contributed by atoms with van der Waals surface area (Å²) in [7, 11) is 1.49. The minimum Gasteiger partial charge on any atom is -0.497 e. The monoisotopic (exact) mass is 510 g/mol. The Bertz CT molecular complexity index is 1470. The average molecular weight is 511 g/mol. The number of methoxy groups -OCH3 is 1. The summed E-state index contributed by atoms with van der Waals surface area (Å²) >= 11 is 12.3. The molecule has 0 radical (unpaired) electrons. The molecule has 1 aromatic heterocycles. The molecule has 8 nitrogen and oxygen atoms in total. The fourth-order valence-corrected chi connectivity index (χ4v) is 3.74. The highest BCUT2D eigenvalue weighted by molar-refractivity contribution is 6.42. The van der Waals surface area contributed by atoms with Crippen LogP contribution in [0.1, 0.15) is 16.1 Å². The first kappa shape index (κ1) is 24.1. The van der Waals surface area contributed by atoms with Crippen molar-refractivity contribution in [1.29, 1.82) is 0 Å². The summed E-state index contributed by atoms with van der Waals surface area (Å²) in [6, 6.07) is 18.1. The molecular weight excluding hydrogens is 491 g/mol. The van der Waals surface area contributed by atoms with Crippen molar-refractivity contribution < 1.29 is 19.1 Å². The standard InChI is InChI=1S/C25H20Cl2N4O4/c1-14-6-8-18(13-20(14)27)28-23(32)22-11-15-10-16(26)7-9-21(15)31(22)30-25(34)24(33)29-17-4-3-5-19(12-17)35-2/h3-13H,1-2H3,(H,28,32)(H,29,33)(H,30,34). The molecule has 3 aromatic carbocycles. The predicted molar refractivity (Wildman–Crippen MR) is 137 cm³/mol. The minimum atomic E-state index is -0.979. The predicted octanol–water partition coefficient (Wildman–Crippen LogP) is 5.23. The minimum absolute atomic E-state index is 0.0847. The number of carbonyl (C=O) groups is 3. The van der Waals surface area contributed by atoms with Gasteiger partial charge in [-0.05, 0) is 61.0 Å². The largest absolute Gasteiger partial charge is 0.497 e. The Hall–Kier alpha value is -4.01. The van der Waals surface area contributed by atoms with Crippen LogP contribution < -0.4 is 20.8 Å². The van der Waals surface area contributed by atoms with Crippen LogP contribution in [0.15, 0.2) is 66.7 Å². The Balaban J connectivity index is 1.62. The van der Waals surface area contributed by atoms with E-state index in [-0.39, 0.29) is 5.69 Å². The van der Waals surface area contributed by atoms with Gasteiger partial charge >= 0.3 is 11.8 Å². The summed E-state index contributed by atoms with van der Waals surface area (Å²) in [6.45, 7) is 1.85. The smallest absolute Gasteiger partial charge is 0.328 e. The zero-order valence-corrected chi connectivity index (χ0v) is 20.2. The zero-order valence-electron chi connectivity index (χ0n) is 18.7. The fourth-order valence-electron chi connectivity index (χ4n) is 3.38. The van der Waals surface area contributed by atoms with E-state index < -0.39 is 17.7 Å². The normalized spacial score (nSPS) is 10.6. The van der Waals surface area contributed by atoms with E-state index in [1.807, 2.05) is 6.92 Å². The first-order chi connectivity index (χ1) is 16.7. The molecule has 0 spiro atoms. The van der Waals surface area contributed by atoms with Gasteiger partial charge in [0.15, 0.2) is 0 Å². The second-order valence-corrected chi connectivity index (χ2v) is 8.46. The van der Waals surface area contributed by atoms with Crippen LogP contribution in [-0.2, 0) is 9.59 Å². The number of anilines is 2. The second-order valence-electron chi connectivity index (χ2n) is 7.61. The number of fused-ring (bicyclic) bond motifs is 1. The summed E-state index contributed by atoms with van der Waals surface area (Å²) in [5, 5.41) is 6.81. The summed E-state index contributed by atoms with van der Waals surface area (Å²) in [4.78, 5) is 38.4. The van der Waals surface area contributed by atoms with Crippen molar-refractivity contribution in [2.24, 2.45) is 0 Å².